The van der Waals surface area contributed by atoms with Crippen molar-refractivity contribution in [3.8, 4) is 5.75 Å². The topological polar surface area (TPSA) is 59.6 Å². The summed E-state index contributed by atoms with van der Waals surface area (Å²) in [6.45, 7) is 3.55. The first-order valence-corrected chi connectivity index (χ1v) is 7.37. The van der Waals surface area contributed by atoms with Crippen molar-refractivity contribution in [1.82, 2.24) is 10.6 Å². The summed E-state index contributed by atoms with van der Waals surface area (Å²) in [4.78, 5) is 12.5. The van der Waals surface area contributed by atoms with Crippen LogP contribution in [-0.2, 0) is 9.53 Å². The molecule has 1 aromatic rings. The zero-order chi connectivity index (χ0) is 15.2. The van der Waals surface area contributed by atoms with E-state index in [2.05, 4.69) is 10.6 Å². The van der Waals surface area contributed by atoms with Gasteiger partial charge in [-0.1, -0.05) is 19.1 Å². The Morgan fingerprint density at radius 2 is 2.00 bits per heavy atom. The molecule has 5 nitrogen and oxygen atoms in total. The van der Waals surface area contributed by atoms with Gasteiger partial charge < -0.3 is 20.1 Å². The fourth-order valence-corrected chi connectivity index (χ4v) is 2.74. The predicted molar refractivity (Wildman–Crippen MR) is 88.9 cm³/mol. The van der Waals surface area contributed by atoms with E-state index in [4.69, 9.17) is 9.47 Å². The quantitative estimate of drug-likeness (QED) is 0.834. The van der Waals surface area contributed by atoms with Crippen LogP contribution in [0.4, 0.5) is 0 Å². The molecule has 3 unspecified atom stereocenters. The minimum atomic E-state index is -0.144. The lowest BCUT2D eigenvalue weighted by Crippen LogP contribution is -2.45. The number of carbonyl (C=O) groups excluding carboxylic acids is 1. The molecule has 1 heterocycles. The number of carbonyl (C=O) groups is 1. The molecule has 1 aliphatic rings. The summed E-state index contributed by atoms with van der Waals surface area (Å²) in [5, 5.41) is 6.33. The molecule has 0 aromatic heterocycles. The van der Waals surface area contributed by atoms with Gasteiger partial charge in [0.2, 0.25) is 5.91 Å². The zero-order valence-corrected chi connectivity index (χ0v) is 14.1. The molecule has 1 aromatic carbocycles. The summed E-state index contributed by atoms with van der Waals surface area (Å²) >= 11 is 0. The van der Waals surface area contributed by atoms with Crippen molar-refractivity contribution in [3.63, 3.8) is 0 Å². The van der Waals surface area contributed by atoms with Gasteiger partial charge >= 0.3 is 0 Å². The van der Waals surface area contributed by atoms with Crippen LogP contribution in [0.2, 0.25) is 0 Å². The Hall–Kier alpha value is -1.30. The van der Waals surface area contributed by atoms with Gasteiger partial charge in [-0.3, -0.25) is 4.79 Å². The van der Waals surface area contributed by atoms with Crippen LogP contribution in [0.5, 0.6) is 5.75 Å². The lowest BCUT2D eigenvalue weighted by Gasteiger charge is -2.22. The van der Waals surface area contributed by atoms with Crippen LogP contribution in [-0.4, -0.2) is 45.4 Å². The molecule has 2 N–H and O–H groups in total. The van der Waals surface area contributed by atoms with Gasteiger partial charge in [-0.2, -0.15) is 0 Å². The van der Waals surface area contributed by atoms with Gasteiger partial charge in [-0.15, -0.1) is 12.4 Å². The van der Waals surface area contributed by atoms with Crippen molar-refractivity contribution in [1.29, 1.82) is 0 Å². The van der Waals surface area contributed by atoms with Crippen molar-refractivity contribution < 1.29 is 14.3 Å². The third kappa shape index (κ3) is 4.35. The summed E-state index contributed by atoms with van der Waals surface area (Å²) in [5.74, 6) is 0.709. The highest BCUT2D eigenvalue weighted by molar-refractivity contribution is 5.85. The Kier molecular flexibility index (Phi) is 7.65. The number of methoxy groups -OCH3 is 2. The van der Waals surface area contributed by atoms with Crippen molar-refractivity contribution >= 4 is 18.3 Å². The van der Waals surface area contributed by atoms with Crippen LogP contribution in [0.1, 0.15) is 24.8 Å². The van der Waals surface area contributed by atoms with Crippen LogP contribution >= 0.6 is 12.4 Å². The van der Waals surface area contributed by atoms with Gasteiger partial charge in [-0.05, 0) is 24.1 Å². The minimum Gasteiger partial charge on any atom is -0.497 e. The fourth-order valence-electron chi connectivity index (χ4n) is 2.74. The molecule has 124 valence electrons. The molecule has 6 heteroatoms. The molecule has 0 bridgehead atoms. The Morgan fingerprint density at radius 1 is 1.32 bits per heavy atom. The first-order valence-electron chi connectivity index (χ1n) is 7.37. The second kappa shape index (κ2) is 8.98. The van der Waals surface area contributed by atoms with Crippen LogP contribution in [0.15, 0.2) is 24.3 Å². The van der Waals surface area contributed by atoms with E-state index < -0.39 is 0 Å². The first kappa shape index (κ1) is 18.7. The Bertz CT molecular complexity index is 467. The molecule has 0 spiro atoms. The lowest BCUT2D eigenvalue weighted by molar-refractivity contribution is -0.124. The predicted octanol–water partition coefficient (Wildman–Crippen LogP) is 1.71. The summed E-state index contributed by atoms with van der Waals surface area (Å²) in [7, 11) is 3.31. The average molecular weight is 329 g/mol. The first-order chi connectivity index (χ1) is 10.2. The van der Waals surface area contributed by atoms with E-state index >= 15 is 0 Å². The SMILES string of the molecule is CCC(C(=O)NC1CNCC1OC)c1ccc(OC)cc1.Cl. The van der Waals surface area contributed by atoms with E-state index in [1.54, 1.807) is 14.2 Å². The third-order valence-corrected chi connectivity index (χ3v) is 4.03. The van der Waals surface area contributed by atoms with Crippen molar-refractivity contribution in [3.05, 3.63) is 29.8 Å². The maximum Gasteiger partial charge on any atom is 0.227 e. The Balaban J connectivity index is 0.00000242. The molecule has 22 heavy (non-hydrogen) atoms. The van der Waals surface area contributed by atoms with Gasteiger partial charge in [0.25, 0.3) is 0 Å². The van der Waals surface area contributed by atoms with E-state index in [0.717, 1.165) is 30.8 Å². The van der Waals surface area contributed by atoms with Gasteiger partial charge in [0, 0.05) is 20.2 Å². The smallest absolute Gasteiger partial charge is 0.227 e. The molecule has 2 rings (SSSR count). The van der Waals surface area contributed by atoms with Crippen molar-refractivity contribution in [2.24, 2.45) is 0 Å². The average Bonchev–Trinajstić information content (AvgIpc) is 2.96. The molecule has 1 saturated heterocycles. The molecule has 0 aliphatic carbocycles. The molecule has 1 aliphatic heterocycles. The number of nitrogens with one attached hydrogen (secondary N) is 2. The Labute approximate surface area is 138 Å². The van der Waals surface area contributed by atoms with E-state index in [1.807, 2.05) is 31.2 Å². The number of hydrogen-bond acceptors (Lipinski definition) is 4. The highest BCUT2D eigenvalue weighted by atomic mass is 35.5. The van der Waals surface area contributed by atoms with E-state index in [1.165, 1.54) is 0 Å². The zero-order valence-electron chi connectivity index (χ0n) is 13.3. The van der Waals surface area contributed by atoms with Gasteiger partial charge in [0.1, 0.15) is 5.75 Å². The molecule has 3 atom stereocenters. The van der Waals surface area contributed by atoms with Gasteiger partial charge in [-0.25, -0.2) is 0 Å². The van der Waals surface area contributed by atoms with Crippen molar-refractivity contribution in [2.75, 3.05) is 27.3 Å². The maximum absolute atomic E-state index is 12.5. The molecule has 0 radical (unpaired) electrons. The summed E-state index contributed by atoms with van der Waals surface area (Å²) in [6.07, 6.45) is 0.804. The second-order valence-electron chi connectivity index (χ2n) is 5.28. The van der Waals surface area contributed by atoms with Crippen molar-refractivity contribution in [2.45, 2.75) is 31.4 Å². The molecular weight excluding hydrogens is 304 g/mol. The van der Waals surface area contributed by atoms with Gasteiger partial charge in [0.05, 0.1) is 25.2 Å². The number of rotatable bonds is 6. The van der Waals surface area contributed by atoms with Gasteiger partial charge in [0.15, 0.2) is 0 Å². The van der Waals surface area contributed by atoms with E-state index in [9.17, 15) is 4.79 Å². The summed E-state index contributed by atoms with van der Waals surface area (Å²) in [6, 6.07) is 7.72. The standard InChI is InChI=1S/C16H24N2O3.ClH/c1-4-13(11-5-7-12(20-2)8-6-11)16(19)18-14-9-17-10-15(14)21-3;/h5-8,13-15,17H,4,9-10H2,1-3H3,(H,18,19);1H. The Morgan fingerprint density at radius 3 is 2.55 bits per heavy atom. The van der Waals surface area contributed by atoms with Crippen LogP contribution < -0.4 is 15.4 Å². The molecular formula is C16H25ClN2O3. The normalized spacial score (nSPS) is 21.8. The lowest BCUT2D eigenvalue weighted by atomic mass is 9.95. The molecule has 1 amide bonds. The monoisotopic (exact) mass is 328 g/mol. The largest absolute Gasteiger partial charge is 0.497 e. The van der Waals surface area contributed by atoms with Crippen LogP contribution in [0.25, 0.3) is 0 Å². The third-order valence-electron chi connectivity index (χ3n) is 4.03. The summed E-state index contributed by atoms with van der Waals surface area (Å²) in [5.41, 5.74) is 1.01. The highest BCUT2D eigenvalue weighted by Crippen LogP contribution is 2.23. The highest BCUT2D eigenvalue weighted by Gasteiger charge is 2.30. The maximum atomic E-state index is 12.5. The summed E-state index contributed by atoms with van der Waals surface area (Å²) < 4.78 is 10.5. The van der Waals surface area contributed by atoms with E-state index in [0.29, 0.717) is 0 Å². The van der Waals surface area contributed by atoms with Crippen LogP contribution in [0, 0.1) is 0 Å². The van der Waals surface area contributed by atoms with Crippen LogP contribution in [0.3, 0.4) is 0 Å². The fraction of sp³-hybridized carbons (Fsp3) is 0.562. The number of ether oxygens (including phenoxy) is 2. The van der Waals surface area contributed by atoms with E-state index in [-0.39, 0.29) is 36.4 Å². The number of benzene rings is 1. The number of amides is 1. The number of hydrogen-bond donors (Lipinski definition) is 2. The second-order valence-corrected chi connectivity index (χ2v) is 5.28. The minimum absolute atomic E-state index is 0. The molecule has 1 fully saturated rings. The number of halogens is 1. The molecule has 0 saturated carbocycles.